The highest BCUT2D eigenvalue weighted by Crippen LogP contribution is 2.22. The fourth-order valence-electron chi connectivity index (χ4n) is 2.02. The molecular formula is C16H16F2N2O3. The lowest BCUT2D eigenvalue weighted by Gasteiger charge is -2.10. The Kier molecular flexibility index (Phi) is 5.00. The molecule has 122 valence electrons. The summed E-state index contributed by atoms with van der Waals surface area (Å²) < 4.78 is 37.2. The molecule has 0 spiro atoms. The minimum atomic E-state index is -0.717. The molecule has 2 aromatic carbocycles. The molecule has 0 aliphatic carbocycles. The van der Waals surface area contributed by atoms with Crippen LogP contribution in [0.2, 0.25) is 0 Å². The molecule has 0 aliphatic heterocycles. The van der Waals surface area contributed by atoms with Crippen molar-refractivity contribution in [2.75, 3.05) is 25.2 Å². The zero-order valence-electron chi connectivity index (χ0n) is 12.4. The number of hydrogen-bond acceptors (Lipinski definition) is 5. The van der Waals surface area contributed by atoms with Crippen molar-refractivity contribution >= 4 is 17.3 Å². The fourth-order valence-corrected chi connectivity index (χ4v) is 2.02. The number of anilines is 2. The van der Waals surface area contributed by atoms with Crippen molar-refractivity contribution in [1.29, 1.82) is 0 Å². The summed E-state index contributed by atoms with van der Waals surface area (Å²) >= 11 is 0. The smallest absolute Gasteiger partial charge is 0.340 e. The van der Waals surface area contributed by atoms with Gasteiger partial charge < -0.3 is 20.9 Å². The van der Waals surface area contributed by atoms with Crippen LogP contribution in [0.5, 0.6) is 5.75 Å². The van der Waals surface area contributed by atoms with Crippen LogP contribution in [0.25, 0.3) is 0 Å². The summed E-state index contributed by atoms with van der Waals surface area (Å²) in [6.45, 7) is 0.0221. The highest BCUT2D eigenvalue weighted by atomic mass is 19.1. The maximum absolute atomic E-state index is 14.0. The van der Waals surface area contributed by atoms with E-state index in [9.17, 15) is 13.6 Å². The lowest BCUT2D eigenvalue weighted by Crippen LogP contribution is -2.10. The number of benzene rings is 2. The molecule has 0 saturated carbocycles. The van der Waals surface area contributed by atoms with Gasteiger partial charge in [0.05, 0.1) is 19.3 Å². The normalized spacial score (nSPS) is 10.4. The van der Waals surface area contributed by atoms with Crippen LogP contribution in [-0.2, 0) is 11.2 Å². The predicted octanol–water partition coefficient (Wildman–Crippen LogP) is 2.54. The predicted molar refractivity (Wildman–Crippen MR) is 82.2 cm³/mol. The number of methoxy groups -OCH3 is 1. The van der Waals surface area contributed by atoms with E-state index in [1.165, 1.54) is 31.4 Å². The van der Waals surface area contributed by atoms with Gasteiger partial charge in [-0.2, -0.15) is 0 Å². The molecule has 0 fully saturated rings. The number of nitrogens with two attached hydrogens (primary N) is 2. The van der Waals surface area contributed by atoms with Crippen LogP contribution in [-0.4, -0.2) is 19.7 Å². The zero-order chi connectivity index (χ0) is 17.0. The first-order chi connectivity index (χ1) is 10.9. The van der Waals surface area contributed by atoms with E-state index in [0.29, 0.717) is 5.69 Å². The minimum absolute atomic E-state index is 0.00967. The number of ether oxygens (including phenoxy) is 2. The van der Waals surface area contributed by atoms with E-state index in [4.69, 9.17) is 16.2 Å². The van der Waals surface area contributed by atoms with E-state index < -0.39 is 17.6 Å². The lowest BCUT2D eigenvalue weighted by atomic mass is 10.1. The molecule has 0 aliphatic rings. The summed E-state index contributed by atoms with van der Waals surface area (Å²) in [4.78, 5) is 11.4. The second-order valence-corrected chi connectivity index (χ2v) is 4.81. The standard InChI is InChI=1S/C16H16F2N2O3/c1-22-16(21)11-8-13(18)9(6-14(11)20)4-5-23-15-7-10(19)2-3-12(15)17/h2-3,6-8H,4-5,19-20H2,1H3. The van der Waals surface area contributed by atoms with Gasteiger partial charge in [-0.25, -0.2) is 13.6 Å². The average molecular weight is 322 g/mol. The van der Waals surface area contributed by atoms with Crippen molar-refractivity contribution < 1.29 is 23.0 Å². The Hall–Kier alpha value is -2.83. The van der Waals surface area contributed by atoms with Crippen LogP contribution in [0.15, 0.2) is 30.3 Å². The molecule has 0 saturated heterocycles. The summed E-state index contributed by atoms with van der Waals surface area (Å²) in [5, 5.41) is 0. The van der Waals surface area contributed by atoms with Crippen LogP contribution >= 0.6 is 0 Å². The van der Waals surface area contributed by atoms with Gasteiger partial charge in [0.25, 0.3) is 0 Å². The average Bonchev–Trinajstić information content (AvgIpc) is 2.52. The van der Waals surface area contributed by atoms with Gasteiger partial charge in [-0.05, 0) is 29.8 Å². The summed E-state index contributed by atoms with van der Waals surface area (Å²) in [7, 11) is 1.18. The van der Waals surface area contributed by atoms with Gasteiger partial charge in [0, 0.05) is 23.9 Å². The SMILES string of the molecule is COC(=O)c1cc(F)c(CCOc2cc(N)ccc2F)cc1N. The van der Waals surface area contributed by atoms with Crippen molar-refractivity contribution in [3.05, 3.63) is 53.1 Å². The van der Waals surface area contributed by atoms with E-state index in [1.807, 2.05) is 0 Å². The highest BCUT2D eigenvalue weighted by molar-refractivity contribution is 5.95. The van der Waals surface area contributed by atoms with E-state index >= 15 is 0 Å². The first-order valence-electron chi connectivity index (χ1n) is 6.76. The van der Waals surface area contributed by atoms with Crippen molar-refractivity contribution in [2.45, 2.75) is 6.42 Å². The van der Waals surface area contributed by atoms with E-state index in [0.717, 1.165) is 6.07 Å². The Morgan fingerprint density at radius 1 is 1.13 bits per heavy atom. The van der Waals surface area contributed by atoms with Gasteiger partial charge in [-0.1, -0.05) is 0 Å². The summed E-state index contributed by atoms with van der Waals surface area (Å²) in [6, 6.07) is 6.29. The third-order valence-corrected chi connectivity index (χ3v) is 3.21. The molecule has 2 aromatic rings. The molecule has 0 amide bonds. The van der Waals surface area contributed by atoms with Crippen LogP contribution in [0.3, 0.4) is 0 Å². The highest BCUT2D eigenvalue weighted by Gasteiger charge is 2.15. The van der Waals surface area contributed by atoms with Gasteiger partial charge in [0.15, 0.2) is 11.6 Å². The third kappa shape index (κ3) is 3.88. The van der Waals surface area contributed by atoms with E-state index in [1.54, 1.807) is 0 Å². The molecule has 2 rings (SSSR count). The molecule has 0 atom stereocenters. The maximum Gasteiger partial charge on any atom is 0.340 e. The Balaban J connectivity index is 2.08. The van der Waals surface area contributed by atoms with Crippen LogP contribution in [0.1, 0.15) is 15.9 Å². The summed E-state index contributed by atoms with van der Waals surface area (Å²) in [6.07, 6.45) is 0.145. The number of rotatable bonds is 5. The van der Waals surface area contributed by atoms with E-state index in [2.05, 4.69) is 4.74 Å². The second kappa shape index (κ2) is 6.95. The Morgan fingerprint density at radius 3 is 2.57 bits per heavy atom. The zero-order valence-corrected chi connectivity index (χ0v) is 12.4. The first-order valence-corrected chi connectivity index (χ1v) is 6.76. The molecule has 0 bridgehead atoms. The third-order valence-electron chi connectivity index (χ3n) is 3.21. The van der Waals surface area contributed by atoms with Crippen molar-refractivity contribution in [1.82, 2.24) is 0 Å². The topological polar surface area (TPSA) is 87.6 Å². The number of esters is 1. The van der Waals surface area contributed by atoms with Crippen molar-refractivity contribution in [3.8, 4) is 5.75 Å². The number of hydrogen-bond donors (Lipinski definition) is 2. The molecule has 7 heteroatoms. The summed E-state index contributed by atoms with van der Waals surface area (Å²) in [5.74, 6) is -1.90. The maximum atomic E-state index is 14.0. The first kappa shape index (κ1) is 16.5. The lowest BCUT2D eigenvalue weighted by molar-refractivity contribution is 0.0601. The van der Waals surface area contributed by atoms with Gasteiger partial charge in [0.1, 0.15) is 5.82 Å². The Bertz CT molecular complexity index is 736. The van der Waals surface area contributed by atoms with Crippen molar-refractivity contribution in [2.24, 2.45) is 0 Å². The van der Waals surface area contributed by atoms with Gasteiger partial charge in [0.2, 0.25) is 0 Å². The second-order valence-electron chi connectivity index (χ2n) is 4.81. The molecule has 23 heavy (non-hydrogen) atoms. The monoisotopic (exact) mass is 322 g/mol. The molecule has 5 nitrogen and oxygen atoms in total. The molecule has 0 unspecified atom stereocenters. The number of nitrogen functional groups attached to an aromatic ring is 2. The molecular weight excluding hydrogens is 306 g/mol. The van der Waals surface area contributed by atoms with Gasteiger partial charge in [-0.3, -0.25) is 0 Å². The molecule has 0 aromatic heterocycles. The van der Waals surface area contributed by atoms with Crippen molar-refractivity contribution in [3.63, 3.8) is 0 Å². The quantitative estimate of drug-likeness (QED) is 0.652. The molecule has 0 heterocycles. The Morgan fingerprint density at radius 2 is 1.87 bits per heavy atom. The van der Waals surface area contributed by atoms with Gasteiger partial charge >= 0.3 is 5.97 Å². The number of carbonyl (C=O) groups excluding carboxylic acids is 1. The van der Waals surface area contributed by atoms with Gasteiger partial charge in [-0.15, -0.1) is 0 Å². The Labute approximate surface area is 131 Å². The largest absolute Gasteiger partial charge is 0.490 e. The minimum Gasteiger partial charge on any atom is -0.490 e. The molecule has 0 radical (unpaired) electrons. The molecule has 4 N–H and O–H groups in total. The number of halogens is 2. The fraction of sp³-hybridized carbons (Fsp3) is 0.188. The van der Waals surface area contributed by atoms with Crippen LogP contribution in [0.4, 0.5) is 20.2 Å². The van der Waals surface area contributed by atoms with E-state index in [-0.39, 0.29) is 35.6 Å². The summed E-state index contributed by atoms with van der Waals surface area (Å²) in [5.41, 5.74) is 11.9. The number of carbonyl (C=O) groups is 1. The van der Waals surface area contributed by atoms with Crippen LogP contribution < -0.4 is 16.2 Å². The van der Waals surface area contributed by atoms with Crippen LogP contribution in [0, 0.1) is 11.6 Å².